The molecule has 0 spiro atoms. The summed E-state index contributed by atoms with van der Waals surface area (Å²) in [5.74, 6) is -0.170. The van der Waals surface area contributed by atoms with Gasteiger partial charge >= 0.3 is 0 Å². The van der Waals surface area contributed by atoms with Gasteiger partial charge in [-0.15, -0.1) is 0 Å². The molecule has 5 nitrogen and oxygen atoms in total. The molecule has 0 bridgehead atoms. The van der Waals surface area contributed by atoms with E-state index < -0.39 is 6.10 Å². The largest absolute Gasteiger partial charge is 0.391 e. The third-order valence-corrected chi connectivity index (χ3v) is 4.10. The van der Waals surface area contributed by atoms with E-state index in [1.807, 2.05) is 25.1 Å². The van der Waals surface area contributed by atoms with Gasteiger partial charge in [-0.25, -0.2) is 0 Å². The van der Waals surface area contributed by atoms with Crippen molar-refractivity contribution in [2.45, 2.75) is 32.0 Å². The summed E-state index contributed by atoms with van der Waals surface area (Å²) >= 11 is 0. The summed E-state index contributed by atoms with van der Waals surface area (Å²) in [5.41, 5.74) is 1.66. The highest BCUT2D eigenvalue weighted by Crippen LogP contribution is 2.23. The number of likely N-dealkylation sites (tertiary alicyclic amines) is 1. The molecule has 2 atom stereocenters. The van der Waals surface area contributed by atoms with Gasteiger partial charge in [0.25, 0.3) is 5.91 Å². The van der Waals surface area contributed by atoms with Crippen LogP contribution < -0.4 is 0 Å². The van der Waals surface area contributed by atoms with Crippen molar-refractivity contribution in [2.24, 2.45) is 0 Å². The van der Waals surface area contributed by atoms with Crippen molar-refractivity contribution >= 4 is 11.8 Å². The second kappa shape index (κ2) is 4.90. The molecule has 3 rings (SSSR count). The molecule has 1 aromatic carbocycles. The normalized spacial score (nSPS) is 25.2. The molecule has 0 aromatic heterocycles. The van der Waals surface area contributed by atoms with Crippen LogP contribution in [0.15, 0.2) is 24.3 Å². The van der Waals surface area contributed by atoms with Crippen LogP contribution >= 0.6 is 0 Å². The fourth-order valence-electron chi connectivity index (χ4n) is 3.05. The van der Waals surface area contributed by atoms with Gasteiger partial charge in [0.05, 0.1) is 6.10 Å². The van der Waals surface area contributed by atoms with Gasteiger partial charge in [-0.3, -0.25) is 9.59 Å². The van der Waals surface area contributed by atoms with E-state index in [9.17, 15) is 14.7 Å². The van der Waals surface area contributed by atoms with Crippen molar-refractivity contribution in [2.75, 3.05) is 13.1 Å². The van der Waals surface area contributed by atoms with E-state index in [2.05, 4.69) is 0 Å². The third kappa shape index (κ3) is 2.18. The van der Waals surface area contributed by atoms with Crippen LogP contribution in [0, 0.1) is 0 Å². The molecule has 0 radical (unpaired) electrons. The van der Waals surface area contributed by atoms with E-state index in [1.54, 1.807) is 15.9 Å². The van der Waals surface area contributed by atoms with E-state index in [4.69, 9.17) is 0 Å². The number of carbonyl (C=O) groups is 2. The van der Waals surface area contributed by atoms with Gasteiger partial charge in [0.15, 0.2) is 0 Å². The minimum Gasteiger partial charge on any atom is -0.391 e. The number of nitrogens with zero attached hydrogens (tertiary/aromatic N) is 2. The average molecular weight is 274 g/mol. The molecule has 2 amide bonds. The van der Waals surface area contributed by atoms with Crippen molar-refractivity contribution in [3.05, 3.63) is 35.4 Å². The first kappa shape index (κ1) is 13.1. The fraction of sp³-hybridized carbons (Fsp3) is 0.467. The summed E-state index contributed by atoms with van der Waals surface area (Å²) in [6.07, 6.45) is 0.167. The van der Waals surface area contributed by atoms with Crippen molar-refractivity contribution in [3.8, 4) is 0 Å². The van der Waals surface area contributed by atoms with Crippen LogP contribution in [0.4, 0.5) is 0 Å². The van der Waals surface area contributed by atoms with Crippen LogP contribution in [0.2, 0.25) is 0 Å². The molecule has 1 fully saturated rings. The van der Waals surface area contributed by atoms with E-state index in [0.717, 1.165) is 5.56 Å². The number of hydrogen-bond acceptors (Lipinski definition) is 3. The Balaban J connectivity index is 1.68. The fourth-order valence-corrected chi connectivity index (χ4v) is 3.05. The van der Waals surface area contributed by atoms with E-state index >= 15 is 0 Å². The second-order valence-electron chi connectivity index (χ2n) is 5.60. The van der Waals surface area contributed by atoms with Crippen LogP contribution in [0.5, 0.6) is 0 Å². The summed E-state index contributed by atoms with van der Waals surface area (Å²) in [6, 6.07) is 7.49. The predicted molar refractivity (Wildman–Crippen MR) is 73.0 cm³/mol. The quantitative estimate of drug-likeness (QED) is 0.860. The molecule has 5 heteroatoms. The maximum atomic E-state index is 12.3. The number of benzene rings is 1. The highest BCUT2D eigenvalue weighted by atomic mass is 16.3. The predicted octanol–water partition coefficient (Wildman–Crippen LogP) is 0.624. The Labute approximate surface area is 117 Å². The zero-order chi connectivity index (χ0) is 14.3. The van der Waals surface area contributed by atoms with Crippen molar-refractivity contribution in [3.63, 3.8) is 0 Å². The molecule has 106 valence electrons. The second-order valence-corrected chi connectivity index (χ2v) is 5.60. The van der Waals surface area contributed by atoms with Crippen molar-refractivity contribution < 1.29 is 14.7 Å². The number of aliphatic hydroxyl groups is 1. The first-order valence-electron chi connectivity index (χ1n) is 6.91. The Bertz CT molecular complexity index is 558. The van der Waals surface area contributed by atoms with Gasteiger partial charge < -0.3 is 14.9 Å². The summed E-state index contributed by atoms with van der Waals surface area (Å²) < 4.78 is 0. The van der Waals surface area contributed by atoms with Crippen LogP contribution in [-0.2, 0) is 11.3 Å². The van der Waals surface area contributed by atoms with Gasteiger partial charge in [0.1, 0.15) is 6.54 Å². The van der Waals surface area contributed by atoms with Gasteiger partial charge in [-0.1, -0.05) is 18.2 Å². The van der Waals surface area contributed by atoms with Crippen molar-refractivity contribution in [1.82, 2.24) is 9.80 Å². The molecular weight excluding hydrogens is 256 g/mol. The van der Waals surface area contributed by atoms with Crippen LogP contribution in [0.1, 0.15) is 29.3 Å². The number of aliphatic hydroxyl groups excluding tert-OH is 1. The Morgan fingerprint density at radius 2 is 2.15 bits per heavy atom. The lowest BCUT2D eigenvalue weighted by atomic mass is 10.1. The van der Waals surface area contributed by atoms with E-state index in [-0.39, 0.29) is 24.4 Å². The topological polar surface area (TPSA) is 60.9 Å². The van der Waals surface area contributed by atoms with E-state index in [1.165, 1.54) is 0 Å². The van der Waals surface area contributed by atoms with Gasteiger partial charge in [-0.05, 0) is 25.0 Å². The highest BCUT2D eigenvalue weighted by molar-refractivity contribution is 6.00. The molecular formula is C15H18N2O3. The molecule has 1 unspecified atom stereocenters. The van der Waals surface area contributed by atoms with Crippen molar-refractivity contribution in [1.29, 1.82) is 0 Å². The zero-order valence-electron chi connectivity index (χ0n) is 11.5. The SMILES string of the molecule is CC1C[C@@H](O)CN1C(=O)CN1Cc2ccccc2C1=O. The third-order valence-electron chi connectivity index (χ3n) is 4.10. The standard InChI is InChI=1S/C15H18N2O3/c1-10-6-12(18)8-17(10)14(19)9-16-7-11-4-2-3-5-13(11)15(16)20/h2-5,10,12,18H,6-9H2,1H3/t10?,12-/m1/s1. The number of β-amino-alcohol motifs (C(OH)–C–C–N with tert-alkyl or cyclic N) is 1. The Morgan fingerprint density at radius 3 is 2.80 bits per heavy atom. The first-order valence-corrected chi connectivity index (χ1v) is 6.91. The molecule has 2 aliphatic heterocycles. The maximum Gasteiger partial charge on any atom is 0.254 e. The lowest BCUT2D eigenvalue weighted by Gasteiger charge is -2.24. The number of carbonyl (C=O) groups excluding carboxylic acids is 2. The number of hydrogen-bond donors (Lipinski definition) is 1. The molecule has 20 heavy (non-hydrogen) atoms. The molecule has 2 heterocycles. The summed E-state index contributed by atoms with van der Waals surface area (Å²) in [6.45, 7) is 2.87. The van der Waals surface area contributed by atoms with Crippen LogP contribution in [0.3, 0.4) is 0 Å². The summed E-state index contributed by atoms with van der Waals surface area (Å²) in [5, 5.41) is 9.60. The van der Waals surface area contributed by atoms with Gasteiger partial charge in [-0.2, -0.15) is 0 Å². The van der Waals surface area contributed by atoms with Gasteiger partial charge in [0, 0.05) is 24.7 Å². The first-order chi connectivity index (χ1) is 9.56. The highest BCUT2D eigenvalue weighted by Gasteiger charge is 2.34. The smallest absolute Gasteiger partial charge is 0.254 e. The molecule has 2 aliphatic rings. The maximum absolute atomic E-state index is 12.3. The molecule has 0 aliphatic carbocycles. The minimum absolute atomic E-state index is 0.0394. The Kier molecular flexibility index (Phi) is 3.22. The lowest BCUT2D eigenvalue weighted by Crippen LogP contribution is -2.42. The average Bonchev–Trinajstić information content (AvgIpc) is 2.91. The zero-order valence-corrected chi connectivity index (χ0v) is 11.5. The molecule has 1 aromatic rings. The van der Waals surface area contributed by atoms with Gasteiger partial charge in [0.2, 0.25) is 5.91 Å². The van der Waals surface area contributed by atoms with Crippen LogP contribution in [-0.4, -0.2) is 52.0 Å². The Hall–Kier alpha value is -1.88. The minimum atomic E-state index is -0.444. The summed E-state index contributed by atoms with van der Waals surface area (Å²) in [4.78, 5) is 27.7. The molecule has 1 N–H and O–H groups in total. The summed E-state index contributed by atoms with van der Waals surface area (Å²) in [7, 11) is 0. The molecule has 1 saturated heterocycles. The van der Waals surface area contributed by atoms with E-state index in [0.29, 0.717) is 25.1 Å². The van der Waals surface area contributed by atoms with Crippen LogP contribution in [0.25, 0.3) is 0 Å². The Morgan fingerprint density at radius 1 is 1.40 bits per heavy atom. The number of rotatable bonds is 2. The number of amides is 2. The number of fused-ring (bicyclic) bond motifs is 1. The monoisotopic (exact) mass is 274 g/mol. The lowest BCUT2D eigenvalue weighted by molar-refractivity contribution is -0.132. The molecule has 0 saturated carbocycles.